The van der Waals surface area contributed by atoms with Crippen LogP contribution in [0.25, 0.3) is 0 Å². The first-order valence-electron chi connectivity index (χ1n) is 2.30. The topological polar surface area (TPSA) is 52.6 Å². The van der Waals surface area contributed by atoms with Gasteiger partial charge in [0.2, 0.25) is 4.91 Å². The first-order chi connectivity index (χ1) is 4.76. The number of rotatable bonds is 3. The molecule has 0 saturated carbocycles. The summed E-state index contributed by atoms with van der Waals surface area (Å²) >= 11 is 0.628. The second-order valence-electron chi connectivity index (χ2n) is 1.17. The highest BCUT2D eigenvalue weighted by molar-refractivity contribution is 7.99. The lowest BCUT2D eigenvalue weighted by molar-refractivity contribution is -0.135. The third-order valence-corrected chi connectivity index (χ3v) is 1.21. The molecule has 10 heavy (non-hydrogen) atoms. The van der Waals surface area contributed by atoms with E-state index in [-0.39, 0.29) is 4.91 Å². The fourth-order valence-corrected chi connectivity index (χ4v) is 0.621. The normalized spacial score (nSPS) is 8.20. The van der Waals surface area contributed by atoms with Crippen LogP contribution in [0.5, 0.6) is 0 Å². The Balaban J connectivity index is 4.09. The minimum absolute atomic E-state index is 0.218. The van der Waals surface area contributed by atoms with E-state index in [2.05, 4.69) is 8.92 Å². The number of carbonyl (C=O) groups excluding carboxylic acids is 2. The Bertz CT molecular complexity index is 170. The van der Waals surface area contributed by atoms with Crippen LogP contribution in [0.2, 0.25) is 0 Å². The van der Waals surface area contributed by atoms with Crippen LogP contribution < -0.4 is 0 Å². The van der Waals surface area contributed by atoms with Crippen LogP contribution >= 0.6 is 12.0 Å². The largest absolute Gasteiger partial charge is 0.464 e. The molecule has 0 aliphatic heterocycles. The molecule has 0 rings (SSSR count). The predicted octanol–water partition coefficient (Wildman–Crippen LogP) is 0.169. The van der Waals surface area contributed by atoms with E-state index >= 15 is 0 Å². The molecule has 0 aliphatic rings. The van der Waals surface area contributed by atoms with E-state index in [0.717, 1.165) is 0 Å². The quantitative estimate of drug-likeness (QED) is 0.256. The molecule has 0 aromatic rings. The van der Waals surface area contributed by atoms with Crippen molar-refractivity contribution >= 4 is 24.0 Å². The van der Waals surface area contributed by atoms with Crippen molar-refractivity contribution in [2.45, 2.75) is 0 Å². The van der Waals surface area contributed by atoms with Gasteiger partial charge in [-0.3, -0.25) is 0 Å². The van der Waals surface area contributed by atoms with Crippen molar-refractivity contribution in [3.05, 3.63) is 4.91 Å². The lowest BCUT2D eigenvalue weighted by Crippen LogP contribution is -2.02. The van der Waals surface area contributed by atoms with Gasteiger partial charge in [0.25, 0.3) is 0 Å². The predicted molar refractivity (Wildman–Crippen MR) is 35.8 cm³/mol. The standard InChI is InChI=1S/C5H6O4S/c1-8-5(7)4(3-6)10-9-2/h1-2H3. The van der Waals surface area contributed by atoms with E-state index in [4.69, 9.17) is 0 Å². The second kappa shape index (κ2) is 5.05. The summed E-state index contributed by atoms with van der Waals surface area (Å²) in [7, 11) is 2.51. The Hall–Kier alpha value is -0.770. The summed E-state index contributed by atoms with van der Waals surface area (Å²) in [5.74, 6) is 0.649. The molecule has 0 radical (unpaired) electrons. The lowest BCUT2D eigenvalue weighted by Gasteiger charge is -1.95. The van der Waals surface area contributed by atoms with Crippen molar-refractivity contribution in [3.63, 3.8) is 0 Å². The van der Waals surface area contributed by atoms with Crippen molar-refractivity contribution in [2.75, 3.05) is 14.2 Å². The van der Waals surface area contributed by atoms with Gasteiger partial charge in [-0.1, -0.05) is 0 Å². The second-order valence-corrected chi connectivity index (χ2v) is 2.08. The number of ether oxygens (including phenoxy) is 1. The Morgan fingerprint density at radius 1 is 1.50 bits per heavy atom. The number of hydrogen-bond donors (Lipinski definition) is 0. The summed E-state index contributed by atoms with van der Waals surface area (Å²) in [4.78, 5) is 20.2. The highest BCUT2D eigenvalue weighted by Gasteiger charge is 2.10. The summed E-state index contributed by atoms with van der Waals surface area (Å²) in [6.45, 7) is 0. The molecular weight excluding hydrogens is 156 g/mol. The maximum atomic E-state index is 10.5. The summed E-state index contributed by atoms with van der Waals surface area (Å²) in [5, 5.41) is 0. The van der Waals surface area contributed by atoms with Crippen molar-refractivity contribution in [2.24, 2.45) is 0 Å². The molecule has 4 nitrogen and oxygen atoms in total. The van der Waals surface area contributed by atoms with Crippen molar-refractivity contribution in [3.8, 4) is 0 Å². The van der Waals surface area contributed by atoms with Gasteiger partial charge in [0.1, 0.15) is 5.94 Å². The monoisotopic (exact) mass is 162 g/mol. The van der Waals surface area contributed by atoms with E-state index in [9.17, 15) is 9.59 Å². The molecule has 0 bridgehead atoms. The average Bonchev–Trinajstić information content (AvgIpc) is 1.99. The molecule has 0 heterocycles. The number of carbonyl (C=O) groups is 1. The Labute approximate surface area is 62.4 Å². The maximum Gasteiger partial charge on any atom is 0.358 e. The van der Waals surface area contributed by atoms with Gasteiger partial charge in [0.05, 0.1) is 14.2 Å². The summed E-state index contributed by atoms with van der Waals surface area (Å²) in [6, 6.07) is 0. The van der Waals surface area contributed by atoms with Crippen LogP contribution in [0, 0.1) is 0 Å². The highest BCUT2D eigenvalue weighted by Crippen LogP contribution is 2.12. The van der Waals surface area contributed by atoms with Crippen molar-refractivity contribution < 1.29 is 18.5 Å². The van der Waals surface area contributed by atoms with Gasteiger partial charge in [-0.15, -0.1) is 0 Å². The molecule has 0 unspecified atom stereocenters. The lowest BCUT2D eigenvalue weighted by atomic mass is 10.6. The molecular formula is C5H6O4S. The zero-order valence-corrected chi connectivity index (χ0v) is 6.36. The van der Waals surface area contributed by atoms with E-state index in [1.165, 1.54) is 20.2 Å². The van der Waals surface area contributed by atoms with Crippen LogP contribution in [0.15, 0.2) is 4.91 Å². The molecule has 0 atom stereocenters. The van der Waals surface area contributed by atoms with Gasteiger partial charge in [-0.2, -0.15) is 0 Å². The maximum absolute atomic E-state index is 10.5. The van der Waals surface area contributed by atoms with Crippen LogP contribution in [-0.2, 0) is 18.5 Å². The number of esters is 1. The zero-order valence-electron chi connectivity index (χ0n) is 5.54. The summed E-state index contributed by atoms with van der Waals surface area (Å²) in [6.07, 6.45) is 0. The van der Waals surface area contributed by atoms with Crippen LogP contribution in [0.4, 0.5) is 0 Å². The van der Waals surface area contributed by atoms with Crippen LogP contribution in [0.1, 0.15) is 0 Å². The Kier molecular flexibility index (Phi) is 4.66. The van der Waals surface area contributed by atoms with Gasteiger partial charge in [0, 0.05) is 12.0 Å². The highest BCUT2D eigenvalue weighted by atomic mass is 32.2. The smallest absolute Gasteiger partial charge is 0.358 e. The van der Waals surface area contributed by atoms with E-state index in [0.29, 0.717) is 12.0 Å². The zero-order chi connectivity index (χ0) is 7.98. The first kappa shape index (κ1) is 9.23. The van der Waals surface area contributed by atoms with E-state index < -0.39 is 5.97 Å². The fourth-order valence-electron chi connectivity index (χ4n) is 0.269. The SMILES string of the molecule is COSC(=C=O)C(=O)OC. The number of hydrogen-bond acceptors (Lipinski definition) is 5. The molecule has 0 spiro atoms. The molecule has 0 aromatic heterocycles. The Morgan fingerprint density at radius 3 is 2.40 bits per heavy atom. The van der Waals surface area contributed by atoms with Gasteiger partial charge >= 0.3 is 5.97 Å². The third kappa shape index (κ3) is 2.68. The minimum atomic E-state index is -0.734. The molecule has 5 heteroatoms. The molecule has 0 fully saturated rings. The molecule has 0 N–H and O–H groups in total. The number of methoxy groups -OCH3 is 1. The third-order valence-electron chi connectivity index (χ3n) is 0.630. The summed E-state index contributed by atoms with van der Waals surface area (Å²) < 4.78 is 8.65. The van der Waals surface area contributed by atoms with Crippen molar-refractivity contribution in [1.82, 2.24) is 0 Å². The van der Waals surface area contributed by atoms with Crippen LogP contribution in [0.3, 0.4) is 0 Å². The molecule has 0 amide bonds. The van der Waals surface area contributed by atoms with Gasteiger partial charge in [-0.05, 0) is 0 Å². The Morgan fingerprint density at radius 2 is 2.10 bits per heavy atom. The summed E-state index contributed by atoms with van der Waals surface area (Å²) in [5.41, 5.74) is 0. The van der Waals surface area contributed by atoms with Gasteiger partial charge < -0.3 is 8.92 Å². The van der Waals surface area contributed by atoms with Gasteiger partial charge in [-0.25, -0.2) is 9.59 Å². The molecule has 0 saturated heterocycles. The van der Waals surface area contributed by atoms with Gasteiger partial charge in [0.15, 0.2) is 0 Å². The van der Waals surface area contributed by atoms with E-state index in [1.54, 1.807) is 0 Å². The molecule has 0 aliphatic carbocycles. The molecule has 56 valence electrons. The minimum Gasteiger partial charge on any atom is -0.464 e. The van der Waals surface area contributed by atoms with Crippen LogP contribution in [-0.4, -0.2) is 26.1 Å². The van der Waals surface area contributed by atoms with Crippen molar-refractivity contribution in [1.29, 1.82) is 0 Å². The van der Waals surface area contributed by atoms with E-state index in [1.807, 2.05) is 0 Å². The fraction of sp³-hybridized carbons (Fsp3) is 0.400. The molecule has 0 aromatic carbocycles. The average molecular weight is 162 g/mol. The first-order valence-corrected chi connectivity index (χ1v) is 3.04.